The number of nitriles is 1. The number of anilines is 3. The smallest absolute Gasteiger partial charge is 0.346 e. The number of carboxylic acids is 1. The van der Waals surface area contributed by atoms with Crippen LogP contribution in [0.3, 0.4) is 0 Å². The second-order valence-electron chi connectivity index (χ2n) is 19.0. The van der Waals surface area contributed by atoms with Crippen LogP contribution in [0.15, 0.2) is 163 Å². The lowest BCUT2D eigenvalue weighted by molar-refractivity contribution is -0.132. The number of aromatic nitrogens is 4. The molecule has 8 bridgehead atoms. The van der Waals surface area contributed by atoms with Gasteiger partial charge < -0.3 is 38.9 Å². The van der Waals surface area contributed by atoms with E-state index < -0.39 is 5.97 Å². The lowest BCUT2D eigenvalue weighted by Gasteiger charge is -2.26. The molecule has 9 aromatic rings. The molecular weight excluding hydrogens is 997 g/mol. The fourth-order valence-corrected chi connectivity index (χ4v) is 10.0. The third-order valence-corrected chi connectivity index (χ3v) is 14.0. The van der Waals surface area contributed by atoms with E-state index in [1.54, 1.807) is 46.6 Å². The number of aliphatic carboxylic acids is 1. The minimum Gasteiger partial charge on any atom is -0.496 e. The van der Waals surface area contributed by atoms with Gasteiger partial charge in [-0.05, 0) is 146 Å². The van der Waals surface area contributed by atoms with Gasteiger partial charge in [-0.15, -0.1) is 0 Å². The Bertz CT molecular complexity index is 4140. The molecule has 0 radical (unpaired) electrons. The molecule has 2 aliphatic rings. The first-order chi connectivity index (χ1) is 39.0. The number of fused-ring (bicyclic) bond motifs is 8. The second-order valence-corrected chi connectivity index (χ2v) is 19.0. The van der Waals surface area contributed by atoms with Crippen molar-refractivity contribution in [1.82, 2.24) is 19.9 Å². The van der Waals surface area contributed by atoms with Crippen molar-refractivity contribution in [2.45, 2.75) is 13.8 Å². The molecule has 390 valence electrons. The molecule has 80 heavy (non-hydrogen) atoms. The Kier molecular flexibility index (Phi) is 14.1. The van der Waals surface area contributed by atoms with Crippen LogP contribution in [-0.4, -0.2) is 59.5 Å². The number of hydrogen-bond donors (Lipinski definition) is 3. The Hall–Kier alpha value is -10.8. The number of H-pyrrole nitrogens is 2. The topological polar surface area (TPSA) is 159 Å². The van der Waals surface area contributed by atoms with E-state index in [2.05, 4.69) is 107 Å². The molecule has 0 aliphatic carbocycles. The van der Waals surface area contributed by atoms with Crippen molar-refractivity contribution in [3.05, 3.63) is 214 Å². The first-order valence-corrected chi connectivity index (χ1v) is 25.7. The maximum absolute atomic E-state index is 11.4. The predicted octanol–water partition coefficient (Wildman–Crippen LogP) is 15.2. The van der Waals surface area contributed by atoms with Crippen LogP contribution in [0.5, 0.6) is 23.0 Å². The van der Waals surface area contributed by atoms with Crippen LogP contribution in [0.25, 0.3) is 85.8 Å². The third-order valence-electron chi connectivity index (χ3n) is 14.0. The van der Waals surface area contributed by atoms with Gasteiger partial charge in [-0.3, -0.25) is 0 Å². The van der Waals surface area contributed by atoms with E-state index in [0.717, 1.165) is 72.6 Å². The number of carbonyl (C=O) groups is 1. The number of ether oxygens (including phenoxy) is 4. The van der Waals surface area contributed by atoms with Crippen LogP contribution in [0.1, 0.15) is 50.6 Å². The van der Waals surface area contributed by atoms with E-state index in [1.807, 2.05) is 103 Å². The van der Waals surface area contributed by atoms with E-state index in [-0.39, 0.29) is 5.57 Å². The van der Waals surface area contributed by atoms with Gasteiger partial charge >= 0.3 is 5.97 Å². The standard InChI is InChI=1S/C68H52N6O6/c1-41-13-26-48(27-14-41)74(49-28-15-42(2)16-29-49)67-57-37-35-55(72-57)63(65-59(77-3)9-7-10-60(65)78-4)53-33-31-51(70-53)50(30-21-43-17-22-45(23-18-43)46-24-19-44(20-25-46)39-47(40-69)68(75)76)52-32-34-54(71-52)64(56-36-38-58(67)73-56)66-61(79-5)11-8-12-62(66)80-6/h7-20,22-29,31-39,70,73H,1-6H3,(H,75,76)/b47-39-,51-50?,52-50?,63-53?,63-55?,64-54?,64-56?,67-57?,67-58?. The molecule has 6 aromatic carbocycles. The summed E-state index contributed by atoms with van der Waals surface area (Å²) in [5.41, 5.74) is 16.9. The van der Waals surface area contributed by atoms with Crippen LogP contribution < -0.4 is 23.8 Å². The van der Waals surface area contributed by atoms with Crippen LogP contribution in [0.2, 0.25) is 0 Å². The zero-order valence-electron chi connectivity index (χ0n) is 44.7. The predicted molar refractivity (Wildman–Crippen MR) is 319 cm³/mol. The SMILES string of the molecule is COc1cccc(OC)c1-c1c2nc(c(N(c3ccc(C)cc3)c3ccc(C)cc3)c3ccc([nH]3)c(-c3c(OC)cccc3OC)c3nc(c(C#Cc4ccc(-c5ccc(/C=C(/C#N)C(=O)O)cc5)cc4)c4ccc1[nH]4)C=C3)C=C2. The molecule has 0 amide bonds. The van der Waals surface area contributed by atoms with Crippen molar-refractivity contribution in [3.63, 3.8) is 0 Å². The quantitative estimate of drug-likeness (QED) is 0.0611. The second kappa shape index (κ2) is 22.0. The highest BCUT2D eigenvalue weighted by atomic mass is 16.5. The molecule has 12 nitrogen and oxygen atoms in total. The first kappa shape index (κ1) is 51.3. The van der Waals surface area contributed by atoms with Crippen LogP contribution >= 0.6 is 0 Å². The number of carboxylic acid groups (broad SMARTS) is 1. The number of benzene rings is 6. The Morgan fingerprint density at radius 2 is 0.950 bits per heavy atom. The molecule has 0 unspecified atom stereocenters. The summed E-state index contributed by atoms with van der Waals surface area (Å²) in [6.45, 7) is 4.17. The van der Waals surface area contributed by atoms with Gasteiger partial charge in [-0.1, -0.05) is 95.8 Å². The van der Waals surface area contributed by atoms with Gasteiger partial charge in [0.15, 0.2) is 0 Å². The number of aromatic amines is 2. The van der Waals surface area contributed by atoms with E-state index >= 15 is 0 Å². The van der Waals surface area contributed by atoms with Crippen LogP contribution in [-0.2, 0) is 4.79 Å². The maximum atomic E-state index is 11.4. The molecule has 12 heteroatoms. The van der Waals surface area contributed by atoms with Crippen molar-refractivity contribution in [2.24, 2.45) is 0 Å². The van der Waals surface area contributed by atoms with Gasteiger partial charge in [0.05, 0.1) is 84.6 Å². The average Bonchev–Trinajstić information content (AvgIpc) is 4.47. The molecule has 5 heterocycles. The highest BCUT2D eigenvalue weighted by Gasteiger charge is 2.26. The van der Waals surface area contributed by atoms with Crippen molar-refractivity contribution < 1.29 is 28.8 Å². The first-order valence-electron chi connectivity index (χ1n) is 25.7. The van der Waals surface area contributed by atoms with Crippen molar-refractivity contribution >= 4 is 75.5 Å². The van der Waals surface area contributed by atoms with Gasteiger partial charge in [0, 0.05) is 39.1 Å². The molecule has 0 spiro atoms. The molecule has 2 aliphatic heterocycles. The van der Waals surface area contributed by atoms with Crippen molar-refractivity contribution in [3.8, 4) is 74.3 Å². The molecule has 3 aromatic heterocycles. The summed E-state index contributed by atoms with van der Waals surface area (Å²) in [6.07, 6.45) is 9.41. The highest BCUT2D eigenvalue weighted by molar-refractivity contribution is 6.02. The Morgan fingerprint density at radius 3 is 1.44 bits per heavy atom. The summed E-state index contributed by atoms with van der Waals surface area (Å²) in [5.74, 6) is 8.07. The summed E-state index contributed by atoms with van der Waals surface area (Å²) in [5, 5.41) is 18.6. The molecule has 0 atom stereocenters. The molecule has 3 N–H and O–H groups in total. The number of methoxy groups -OCH3 is 4. The molecule has 0 fully saturated rings. The number of rotatable bonds is 12. The summed E-state index contributed by atoms with van der Waals surface area (Å²) in [7, 11) is 6.60. The van der Waals surface area contributed by atoms with E-state index in [1.165, 1.54) is 6.08 Å². The highest BCUT2D eigenvalue weighted by Crippen LogP contribution is 2.47. The summed E-state index contributed by atoms with van der Waals surface area (Å²) < 4.78 is 24.5. The Morgan fingerprint density at radius 1 is 0.512 bits per heavy atom. The van der Waals surface area contributed by atoms with Gasteiger partial charge in [-0.25, -0.2) is 14.8 Å². The molecular formula is C68H52N6O6. The zero-order chi connectivity index (χ0) is 55.4. The maximum Gasteiger partial charge on any atom is 0.346 e. The zero-order valence-corrected chi connectivity index (χ0v) is 44.7. The van der Waals surface area contributed by atoms with E-state index in [9.17, 15) is 15.2 Å². The molecule has 0 saturated carbocycles. The number of nitrogens with one attached hydrogen (secondary N) is 2. The number of hydrogen-bond acceptors (Lipinski definition) is 9. The summed E-state index contributed by atoms with van der Waals surface area (Å²) in [6, 6.07) is 53.6. The lowest BCUT2D eigenvalue weighted by atomic mass is 10.0. The minimum atomic E-state index is -1.27. The largest absolute Gasteiger partial charge is 0.496 e. The third kappa shape index (κ3) is 9.92. The van der Waals surface area contributed by atoms with Crippen molar-refractivity contribution in [2.75, 3.05) is 33.3 Å². The van der Waals surface area contributed by atoms with Gasteiger partial charge in [0.25, 0.3) is 0 Å². The fourth-order valence-electron chi connectivity index (χ4n) is 10.0. The normalized spacial score (nSPS) is 11.6. The average molecular weight is 1050 g/mol. The van der Waals surface area contributed by atoms with Gasteiger partial charge in [0.1, 0.15) is 34.6 Å². The summed E-state index contributed by atoms with van der Waals surface area (Å²) >= 11 is 0. The van der Waals surface area contributed by atoms with E-state index in [4.69, 9.17) is 28.9 Å². The summed E-state index contributed by atoms with van der Waals surface area (Å²) in [4.78, 5) is 32.4. The van der Waals surface area contributed by atoms with Gasteiger partial charge in [0.2, 0.25) is 0 Å². The molecule has 11 rings (SSSR count). The Labute approximate surface area is 462 Å². The lowest BCUT2D eigenvalue weighted by Crippen LogP contribution is -2.12. The number of nitrogens with zero attached hydrogens (tertiary/aromatic N) is 4. The molecule has 0 saturated heterocycles. The fraction of sp³-hybridized carbons (Fsp3) is 0.0882. The number of aryl methyl sites for hydroxylation is 2. The minimum absolute atomic E-state index is 0.337. The monoisotopic (exact) mass is 1050 g/mol. The van der Waals surface area contributed by atoms with E-state index in [0.29, 0.717) is 73.5 Å². The van der Waals surface area contributed by atoms with Crippen LogP contribution in [0, 0.1) is 37.0 Å². The van der Waals surface area contributed by atoms with Crippen LogP contribution in [0.4, 0.5) is 17.1 Å². The van der Waals surface area contributed by atoms with Gasteiger partial charge in [-0.2, -0.15) is 5.26 Å². The Balaban J connectivity index is 1.21. The van der Waals surface area contributed by atoms with Crippen molar-refractivity contribution in [1.29, 1.82) is 5.26 Å².